The summed E-state index contributed by atoms with van der Waals surface area (Å²) in [6.45, 7) is 6.09. The Bertz CT molecular complexity index is 216. The predicted molar refractivity (Wildman–Crippen MR) is 52.0 cm³/mol. The second-order valence-corrected chi connectivity index (χ2v) is 3.23. The highest BCUT2D eigenvalue weighted by molar-refractivity contribution is 8.04. The molecule has 0 N–H and O–H groups in total. The van der Waals surface area contributed by atoms with Crippen molar-refractivity contribution in [1.29, 1.82) is 0 Å². The fourth-order valence-corrected chi connectivity index (χ4v) is 1.73. The van der Waals surface area contributed by atoms with Crippen molar-refractivity contribution >= 4 is 11.8 Å². The van der Waals surface area contributed by atoms with Crippen molar-refractivity contribution in [2.75, 3.05) is 7.05 Å². The Kier molecular flexibility index (Phi) is 2.83. The van der Waals surface area contributed by atoms with Crippen molar-refractivity contribution in [3.63, 3.8) is 0 Å². The van der Waals surface area contributed by atoms with Crippen molar-refractivity contribution < 1.29 is 0 Å². The van der Waals surface area contributed by atoms with Gasteiger partial charge in [0.1, 0.15) is 0 Å². The van der Waals surface area contributed by atoms with Gasteiger partial charge < -0.3 is 4.90 Å². The van der Waals surface area contributed by atoms with Crippen LogP contribution in [0.3, 0.4) is 0 Å². The molecule has 0 unspecified atom stereocenters. The summed E-state index contributed by atoms with van der Waals surface area (Å²) in [5, 5.41) is 4.22. The number of nitrogens with zero attached hydrogens (tertiary/aromatic N) is 1. The second-order valence-electron chi connectivity index (χ2n) is 2.45. The van der Waals surface area contributed by atoms with Gasteiger partial charge in [-0.25, -0.2) is 0 Å². The second kappa shape index (κ2) is 3.67. The van der Waals surface area contributed by atoms with Crippen molar-refractivity contribution in [1.82, 2.24) is 4.90 Å². The van der Waals surface area contributed by atoms with Gasteiger partial charge in [-0.05, 0) is 23.3 Å². The van der Waals surface area contributed by atoms with E-state index in [1.807, 2.05) is 13.1 Å². The molecule has 1 heterocycles. The summed E-state index contributed by atoms with van der Waals surface area (Å²) in [5.74, 6) is 0. The van der Waals surface area contributed by atoms with Crippen LogP contribution in [0.4, 0.5) is 0 Å². The van der Waals surface area contributed by atoms with Crippen molar-refractivity contribution in [3.8, 4) is 0 Å². The number of hydrogen-bond acceptors (Lipinski definition) is 2. The van der Waals surface area contributed by atoms with Gasteiger partial charge in [-0.3, -0.25) is 0 Å². The van der Waals surface area contributed by atoms with E-state index in [0.29, 0.717) is 0 Å². The van der Waals surface area contributed by atoms with E-state index < -0.39 is 0 Å². The maximum atomic E-state index is 3.94. The highest BCUT2D eigenvalue weighted by Crippen LogP contribution is 2.22. The molecule has 0 amide bonds. The molecular weight excluding hydrogens is 154 g/mol. The minimum Gasteiger partial charge on any atom is -0.348 e. The van der Waals surface area contributed by atoms with Crippen LogP contribution in [0, 0.1) is 0 Å². The monoisotopic (exact) mass is 167 g/mol. The number of allylic oxidation sites excluding steroid dienone is 2. The lowest BCUT2D eigenvalue weighted by Gasteiger charge is -2.20. The predicted octanol–water partition coefficient (Wildman–Crippen LogP) is 2.94. The minimum atomic E-state index is 1.06. The molecular formula is C9H13NS. The molecule has 0 aromatic rings. The maximum Gasteiger partial charge on any atom is 0.0338 e. The van der Waals surface area contributed by atoms with Gasteiger partial charge in [0.25, 0.3) is 0 Å². The van der Waals surface area contributed by atoms with E-state index in [2.05, 4.69) is 29.2 Å². The first kappa shape index (κ1) is 8.47. The molecule has 1 rings (SSSR count). The topological polar surface area (TPSA) is 3.24 Å². The van der Waals surface area contributed by atoms with E-state index >= 15 is 0 Å². The molecule has 0 aromatic carbocycles. The SMILES string of the molecule is C=C1C=CSC=C(CC)N1C. The molecule has 2 heteroatoms. The zero-order valence-corrected chi connectivity index (χ0v) is 7.82. The molecule has 0 bridgehead atoms. The molecule has 11 heavy (non-hydrogen) atoms. The molecule has 0 aromatic heterocycles. The lowest BCUT2D eigenvalue weighted by molar-refractivity contribution is 0.521. The molecule has 0 fully saturated rings. The average Bonchev–Trinajstić information content (AvgIpc) is 2.16. The number of thioether (sulfide) groups is 1. The molecule has 60 valence electrons. The highest BCUT2D eigenvalue weighted by atomic mass is 32.2. The normalized spacial score (nSPS) is 18.2. The third kappa shape index (κ3) is 1.90. The summed E-state index contributed by atoms with van der Waals surface area (Å²) in [7, 11) is 2.05. The third-order valence-electron chi connectivity index (χ3n) is 1.77. The summed E-state index contributed by atoms with van der Waals surface area (Å²) >= 11 is 1.71. The van der Waals surface area contributed by atoms with Gasteiger partial charge in [0.2, 0.25) is 0 Å². The van der Waals surface area contributed by atoms with Crippen LogP contribution in [0.2, 0.25) is 0 Å². The van der Waals surface area contributed by atoms with Gasteiger partial charge in [0.05, 0.1) is 0 Å². The van der Waals surface area contributed by atoms with E-state index in [1.165, 1.54) is 5.70 Å². The largest absolute Gasteiger partial charge is 0.348 e. The highest BCUT2D eigenvalue weighted by Gasteiger charge is 2.05. The van der Waals surface area contributed by atoms with Gasteiger partial charge in [-0.1, -0.05) is 13.5 Å². The molecule has 0 saturated heterocycles. The van der Waals surface area contributed by atoms with Crippen LogP contribution in [-0.2, 0) is 0 Å². The summed E-state index contributed by atoms with van der Waals surface area (Å²) < 4.78 is 0. The minimum absolute atomic E-state index is 1.06. The fraction of sp³-hybridized carbons (Fsp3) is 0.333. The first-order chi connectivity index (χ1) is 5.25. The van der Waals surface area contributed by atoms with Crippen LogP contribution < -0.4 is 0 Å². The molecule has 1 aliphatic rings. The van der Waals surface area contributed by atoms with E-state index in [0.717, 1.165) is 12.1 Å². The van der Waals surface area contributed by atoms with Crippen LogP contribution in [-0.4, -0.2) is 11.9 Å². The molecule has 0 aliphatic carbocycles. The number of hydrogen-bond donors (Lipinski definition) is 0. The maximum absolute atomic E-state index is 3.94. The van der Waals surface area contributed by atoms with Gasteiger partial charge in [-0.2, -0.15) is 0 Å². The lowest BCUT2D eigenvalue weighted by atomic mass is 10.3. The van der Waals surface area contributed by atoms with E-state index in [1.54, 1.807) is 11.8 Å². The zero-order chi connectivity index (χ0) is 8.27. The Labute approximate surface area is 72.5 Å². The van der Waals surface area contributed by atoms with Crippen LogP contribution in [0.1, 0.15) is 13.3 Å². The lowest BCUT2D eigenvalue weighted by Crippen LogP contribution is -2.13. The summed E-state index contributed by atoms with van der Waals surface area (Å²) in [6, 6.07) is 0. The molecule has 0 radical (unpaired) electrons. The quantitative estimate of drug-likeness (QED) is 0.590. The molecule has 0 spiro atoms. The van der Waals surface area contributed by atoms with Gasteiger partial charge in [0, 0.05) is 18.4 Å². The smallest absolute Gasteiger partial charge is 0.0338 e. The Morgan fingerprint density at radius 2 is 2.36 bits per heavy atom. The molecule has 0 atom stereocenters. The van der Waals surface area contributed by atoms with Crippen LogP contribution in [0.5, 0.6) is 0 Å². The van der Waals surface area contributed by atoms with Crippen molar-refractivity contribution in [2.24, 2.45) is 0 Å². The van der Waals surface area contributed by atoms with E-state index in [4.69, 9.17) is 0 Å². The Balaban J connectivity index is 2.82. The Morgan fingerprint density at radius 3 is 3.00 bits per heavy atom. The van der Waals surface area contributed by atoms with Crippen LogP contribution in [0.15, 0.2) is 34.9 Å². The van der Waals surface area contributed by atoms with E-state index in [-0.39, 0.29) is 0 Å². The third-order valence-corrected chi connectivity index (χ3v) is 2.47. The zero-order valence-electron chi connectivity index (χ0n) is 7.00. The molecule has 1 aliphatic heterocycles. The molecule has 0 saturated carbocycles. The van der Waals surface area contributed by atoms with Crippen LogP contribution >= 0.6 is 11.8 Å². The molecule has 1 nitrogen and oxygen atoms in total. The van der Waals surface area contributed by atoms with Gasteiger partial charge >= 0.3 is 0 Å². The van der Waals surface area contributed by atoms with Crippen LogP contribution in [0.25, 0.3) is 0 Å². The van der Waals surface area contributed by atoms with Gasteiger partial charge in [-0.15, -0.1) is 11.8 Å². The Morgan fingerprint density at radius 1 is 1.64 bits per heavy atom. The fourth-order valence-electron chi connectivity index (χ4n) is 0.931. The first-order valence-electron chi connectivity index (χ1n) is 3.69. The van der Waals surface area contributed by atoms with Gasteiger partial charge in [0.15, 0.2) is 0 Å². The summed E-state index contributed by atoms with van der Waals surface area (Å²) in [6.07, 6.45) is 3.09. The first-order valence-corrected chi connectivity index (χ1v) is 4.63. The standard InChI is InChI=1S/C9H13NS/c1-4-9-7-11-6-5-8(2)10(9)3/h5-7H,2,4H2,1,3H3. The van der Waals surface area contributed by atoms with Crippen molar-refractivity contribution in [3.05, 3.63) is 34.9 Å². The number of rotatable bonds is 1. The average molecular weight is 167 g/mol. The summed E-state index contributed by atoms with van der Waals surface area (Å²) in [4.78, 5) is 2.12. The number of likely N-dealkylation sites (N-methyl/N-ethyl adjacent to an activating group) is 1. The van der Waals surface area contributed by atoms with E-state index in [9.17, 15) is 0 Å². The summed E-state index contributed by atoms with van der Waals surface area (Å²) in [5.41, 5.74) is 2.38. The van der Waals surface area contributed by atoms with Crippen molar-refractivity contribution in [2.45, 2.75) is 13.3 Å². The Hall–Kier alpha value is -0.630.